The summed E-state index contributed by atoms with van der Waals surface area (Å²) in [5, 5.41) is 0. The number of carbonyl (C=O) groups is 2. The fraction of sp³-hybridized carbons (Fsp3) is 0.529. The number of likely N-dealkylation sites (tertiary alicyclic amines) is 1. The van der Waals surface area contributed by atoms with E-state index in [1.165, 1.54) is 0 Å². The Morgan fingerprint density at radius 3 is 2.61 bits per heavy atom. The molecule has 1 heterocycles. The van der Waals surface area contributed by atoms with Crippen LogP contribution in [-0.4, -0.2) is 41.9 Å². The Bertz CT molecular complexity index is 543. The summed E-state index contributed by atoms with van der Waals surface area (Å²) in [5.41, 5.74) is 11.6. The summed E-state index contributed by atoms with van der Waals surface area (Å²) in [6, 6.07) is 6.69. The van der Waals surface area contributed by atoms with E-state index in [2.05, 4.69) is 0 Å². The molecule has 6 heteroatoms. The second-order valence-corrected chi connectivity index (χ2v) is 6.00. The Morgan fingerprint density at radius 2 is 2.00 bits per heavy atom. The molecule has 0 radical (unpaired) electrons. The average molecular weight is 319 g/mol. The van der Waals surface area contributed by atoms with Crippen LogP contribution in [0.25, 0.3) is 0 Å². The quantitative estimate of drug-likeness (QED) is 0.825. The van der Waals surface area contributed by atoms with Crippen LogP contribution in [0.5, 0.6) is 5.75 Å². The first-order valence-electron chi connectivity index (χ1n) is 8.06. The topological polar surface area (TPSA) is 98.7 Å². The van der Waals surface area contributed by atoms with Gasteiger partial charge in [-0.05, 0) is 50.5 Å². The molecular formula is C17H25N3O3. The van der Waals surface area contributed by atoms with Crippen molar-refractivity contribution in [3.8, 4) is 5.75 Å². The van der Waals surface area contributed by atoms with Crippen molar-refractivity contribution in [1.29, 1.82) is 0 Å². The minimum atomic E-state index is -0.473. The predicted molar refractivity (Wildman–Crippen MR) is 88.1 cm³/mol. The maximum atomic E-state index is 12.4. The summed E-state index contributed by atoms with van der Waals surface area (Å²) in [4.78, 5) is 25.3. The van der Waals surface area contributed by atoms with Crippen LogP contribution in [0.1, 0.15) is 43.0 Å². The number of ether oxygens (including phenoxy) is 1. The number of piperidine rings is 1. The van der Waals surface area contributed by atoms with Gasteiger partial charge >= 0.3 is 0 Å². The monoisotopic (exact) mass is 319 g/mol. The largest absolute Gasteiger partial charge is 0.493 e. The van der Waals surface area contributed by atoms with Crippen LogP contribution in [0.15, 0.2) is 24.3 Å². The molecule has 0 saturated carbocycles. The van der Waals surface area contributed by atoms with Crippen LogP contribution in [0.2, 0.25) is 0 Å². The highest BCUT2D eigenvalue weighted by molar-refractivity contribution is 5.92. The van der Waals surface area contributed by atoms with Crippen molar-refractivity contribution in [2.45, 2.75) is 44.7 Å². The smallest absolute Gasteiger partial charge is 0.248 e. The van der Waals surface area contributed by atoms with Crippen LogP contribution in [0, 0.1) is 0 Å². The number of nitrogens with two attached hydrogens (primary N) is 2. The number of benzene rings is 1. The van der Waals surface area contributed by atoms with E-state index >= 15 is 0 Å². The number of nitrogens with zero attached hydrogens (tertiary/aromatic N) is 1. The van der Waals surface area contributed by atoms with Gasteiger partial charge in [-0.25, -0.2) is 0 Å². The van der Waals surface area contributed by atoms with Gasteiger partial charge in [-0.1, -0.05) is 0 Å². The Balaban J connectivity index is 1.83. The third kappa shape index (κ3) is 4.69. The molecule has 1 aliphatic heterocycles. The molecule has 1 aromatic rings. The first-order valence-corrected chi connectivity index (χ1v) is 8.06. The highest BCUT2D eigenvalue weighted by Gasteiger charge is 2.28. The lowest BCUT2D eigenvalue weighted by molar-refractivity contribution is -0.135. The third-order valence-corrected chi connectivity index (χ3v) is 4.20. The van der Waals surface area contributed by atoms with E-state index < -0.39 is 5.91 Å². The summed E-state index contributed by atoms with van der Waals surface area (Å²) in [7, 11) is 0. The van der Waals surface area contributed by atoms with Crippen LogP contribution in [0.4, 0.5) is 0 Å². The van der Waals surface area contributed by atoms with E-state index in [9.17, 15) is 9.59 Å². The molecule has 0 spiro atoms. The zero-order valence-electron chi connectivity index (χ0n) is 13.5. The van der Waals surface area contributed by atoms with Crippen molar-refractivity contribution >= 4 is 11.8 Å². The molecule has 1 fully saturated rings. The number of hydrogen-bond donors (Lipinski definition) is 2. The molecule has 2 unspecified atom stereocenters. The molecule has 126 valence electrons. The second kappa shape index (κ2) is 7.97. The fourth-order valence-electron chi connectivity index (χ4n) is 2.93. The first kappa shape index (κ1) is 17.3. The summed E-state index contributed by atoms with van der Waals surface area (Å²) in [6.45, 7) is 3.03. The number of primary amides is 1. The lowest BCUT2D eigenvalue weighted by atomic mass is 9.96. The molecule has 1 aliphatic rings. The summed E-state index contributed by atoms with van der Waals surface area (Å²) in [5.74, 6) is 0.227. The molecule has 23 heavy (non-hydrogen) atoms. The Labute approximate surface area is 136 Å². The summed E-state index contributed by atoms with van der Waals surface area (Å²) >= 11 is 0. The molecule has 2 rings (SSSR count). The van der Waals surface area contributed by atoms with Crippen LogP contribution < -0.4 is 16.2 Å². The Morgan fingerprint density at radius 1 is 1.30 bits per heavy atom. The molecule has 0 aliphatic carbocycles. The minimum absolute atomic E-state index is 0.0125. The predicted octanol–water partition coefficient (Wildman–Crippen LogP) is 1.28. The van der Waals surface area contributed by atoms with Gasteiger partial charge in [0, 0.05) is 24.2 Å². The molecule has 6 nitrogen and oxygen atoms in total. The summed E-state index contributed by atoms with van der Waals surface area (Å²) in [6.07, 6.45) is 3.45. The van der Waals surface area contributed by atoms with E-state index in [1.54, 1.807) is 24.3 Å². The SMILES string of the molecule is CC(N)C1CCCCN1C(=O)CCOc1ccc(C(N)=O)cc1. The number of amides is 2. The van der Waals surface area contributed by atoms with E-state index in [0.29, 0.717) is 24.3 Å². The van der Waals surface area contributed by atoms with Crippen LogP contribution in [0.3, 0.4) is 0 Å². The van der Waals surface area contributed by atoms with Gasteiger partial charge in [-0.15, -0.1) is 0 Å². The first-order chi connectivity index (χ1) is 11.0. The minimum Gasteiger partial charge on any atom is -0.493 e. The number of carbonyl (C=O) groups excluding carboxylic acids is 2. The van der Waals surface area contributed by atoms with Gasteiger partial charge in [0.2, 0.25) is 11.8 Å². The van der Waals surface area contributed by atoms with Gasteiger partial charge in [0.1, 0.15) is 5.75 Å². The van der Waals surface area contributed by atoms with Crippen LogP contribution in [-0.2, 0) is 4.79 Å². The molecule has 1 aromatic carbocycles. The Kier molecular flexibility index (Phi) is 5.98. The molecule has 0 aromatic heterocycles. The zero-order chi connectivity index (χ0) is 16.8. The molecule has 2 atom stereocenters. The van der Waals surface area contributed by atoms with Gasteiger partial charge in [0.15, 0.2) is 0 Å². The van der Waals surface area contributed by atoms with Gasteiger partial charge in [0.25, 0.3) is 0 Å². The lowest BCUT2D eigenvalue weighted by Gasteiger charge is -2.38. The molecule has 0 bridgehead atoms. The maximum Gasteiger partial charge on any atom is 0.248 e. The molecule has 1 saturated heterocycles. The third-order valence-electron chi connectivity index (χ3n) is 4.20. The van der Waals surface area contributed by atoms with Gasteiger partial charge in [-0.2, -0.15) is 0 Å². The summed E-state index contributed by atoms with van der Waals surface area (Å²) < 4.78 is 5.57. The number of rotatable bonds is 6. The average Bonchev–Trinajstić information content (AvgIpc) is 2.55. The van der Waals surface area contributed by atoms with Crippen molar-refractivity contribution in [2.24, 2.45) is 11.5 Å². The normalized spacial score (nSPS) is 19.2. The second-order valence-electron chi connectivity index (χ2n) is 6.00. The van der Waals surface area contributed by atoms with E-state index in [1.807, 2.05) is 11.8 Å². The molecule has 2 amide bonds. The van der Waals surface area contributed by atoms with Gasteiger partial charge in [0.05, 0.1) is 13.0 Å². The molecule has 4 N–H and O–H groups in total. The van der Waals surface area contributed by atoms with Crippen molar-refractivity contribution in [1.82, 2.24) is 4.90 Å². The lowest BCUT2D eigenvalue weighted by Crippen LogP contribution is -2.51. The highest BCUT2D eigenvalue weighted by atomic mass is 16.5. The van der Waals surface area contributed by atoms with E-state index in [-0.39, 0.29) is 18.0 Å². The van der Waals surface area contributed by atoms with E-state index in [0.717, 1.165) is 25.8 Å². The zero-order valence-corrected chi connectivity index (χ0v) is 13.5. The fourth-order valence-corrected chi connectivity index (χ4v) is 2.93. The highest BCUT2D eigenvalue weighted by Crippen LogP contribution is 2.20. The Hall–Kier alpha value is -2.08. The van der Waals surface area contributed by atoms with Crippen LogP contribution >= 0.6 is 0 Å². The van der Waals surface area contributed by atoms with Crippen molar-refractivity contribution < 1.29 is 14.3 Å². The number of hydrogen-bond acceptors (Lipinski definition) is 4. The van der Waals surface area contributed by atoms with E-state index in [4.69, 9.17) is 16.2 Å². The van der Waals surface area contributed by atoms with Gasteiger partial charge < -0.3 is 21.1 Å². The van der Waals surface area contributed by atoms with Crippen molar-refractivity contribution in [2.75, 3.05) is 13.2 Å². The maximum absolute atomic E-state index is 12.4. The van der Waals surface area contributed by atoms with Crippen molar-refractivity contribution in [3.63, 3.8) is 0 Å². The van der Waals surface area contributed by atoms with Gasteiger partial charge in [-0.3, -0.25) is 9.59 Å². The molecular weight excluding hydrogens is 294 g/mol. The standard InChI is InChI=1S/C17H25N3O3/c1-12(18)15-4-2-3-10-20(15)16(21)9-11-23-14-7-5-13(6-8-14)17(19)22/h5-8,12,15H,2-4,9-11,18H2,1H3,(H2,19,22). The van der Waals surface area contributed by atoms with Crippen molar-refractivity contribution in [3.05, 3.63) is 29.8 Å².